The van der Waals surface area contributed by atoms with Crippen LogP contribution in [0.15, 0.2) is 30.4 Å². The Balaban J connectivity index is 0.00000156. The predicted molar refractivity (Wildman–Crippen MR) is 143 cm³/mol. The highest BCUT2D eigenvalue weighted by molar-refractivity contribution is 5.89. The summed E-state index contributed by atoms with van der Waals surface area (Å²) in [5.74, 6) is -1.13. The van der Waals surface area contributed by atoms with Crippen molar-refractivity contribution in [1.82, 2.24) is 15.5 Å². The lowest BCUT2D eigenvalue weighted by atomic mass is 10.1. The quantitative estimate of drug-likeness (QED) is 0.208. The zero-order valence-electron chi connectivity index (χ0n) is 23.1. The lowest BCUT2D eigenvalue weighted by molar-refractivity contribution is -0.134. The number of carbonyl (C=O) groups is 4. The number of nitrogens with zero attached hydrogens (tertiary/aromatic N) is 1. The molecule has 0 atom stereocenters. The average Bonchev–Trinajstić information content (AvgIpc) is 2.92. The van der Waals surface area contributed by atoms with Crippen molar-refractivity contribution in [2.45, 2.75) is 33.1 Å². The van der Waals surface area contributed by atoms with Crippen LogP contribution in [-0.2, 0) is 25.5 Å². The molecule has 4 N–H and O–H groups in total. The van der Waals surface area contributed by atoms with Crippen molar-refractivity contribution in [2.24, 2.45) is 0 Å². The van der Waals surface area contributed by atoms with Crippen molar-refractivity contribution in [3.63, 3.8) is 0 Å². The number of hydrogen-bond acceptors (Lipinski definition) is 9. The van der Waals surface area contributed by atoms with Crippen molar-refractivity contribution in [3.05, 3.63) is 35.9 Å². The van der Waals surface area contributed by atoms with E-state index in [0.29, 0.717) is 62.8 Å². The topological polar surface area (TPSA) is 173 Å². The van der Waals surface area contributed by atoms with Crippen LogP contribution >= 0.6 is 0 Å². The first-order valence-corrected chi connectivity index (χ1v) is 12.6. The molecule has 0 aromatic heterocycles. The van der Waals surface area contributed by atoms with Crippen LogP contribution in [0.2, 0.25) is 0 Å². The monoisotopic (exact) mass is 555 g/mol. The van der Waals surface area contributed by atoms with Crippen LogP contribution < -0.4 is 20.1 Å². The van der Waals surface area contributed by atoms with Gasteiger partial charge in [-0.1, -0.05) is 26.0 Å². The Morgan fingerprint density at radius 2 is 1.33 bits per heavy atom. The van der Waals surface area contributed by atoms with E-state index in [9.17, 15) is 19.2 Å². The van der Waals surface area contributed by atoms with Crippen LogP contribution in [0.25, 0.3) is 0 Å². The molecule has 0 unspecified atom stereocenters. The highest BCUT2D eigenvalue weighted by Crippen LogP contribution is 2.30. The van der Waals surface area contributed by atoms with Gasteiger partial charge in [-0.15, -0.1) is 0 Å². The van der Waals surface area contributed by atoms with Crippen molar-refractivity contribution in [2.75, 3.05) is 60.2 Å². The molecule has 0 radical (unpaired) electrons. The third-order valence-electron chi connectivity index (χ3n) is 4.87. The first kappa shape index (κ1) is 35.0. The summed E-state index contributed by atoms with van der Waals surface area (Å²) in [5.41, 5.74) is 1.01. The van der Waals surface area contributed by atoms with Gasteiger partial charge in [0.15, 0.2) is 11.5 Å². The molecule has 0 aliphatic rings. The van der Waals surface area contributed by atoms with E-state index in [0.717, 1.165) is 18.4 Å². The molecule has 0 spiro atoms. The van der Waals surface area contributed by atoms with Crippen LogP contribution in [-0.4, -0.2) is 99.4 Å². The molecule has 2 amide bonds. The normalized spacial score (nSPS) is 10.3. The minimum atomic E-state index is -1.26. The molecular weight excluding hydrogens is 514 g/mol. The summed E-state index contributed by atoms with van der Waals surface area (Å²) in [4.78, 5) is 44.5. The molecular formula is C26H41N3O10. The van der Waals surface area contributed by atoms with E-state index >= 15 is 0 Å². The van der Waals surface area contributed by atoms with Crippen LogP contribution in [0.4, 0.5) is 9.59 Å². The number of benzene rings is 1. The maximum Gasteiger partial charge on any atom is 0.407 e. The average molecular weight is 556 g/mol. The molecule has 1 aromatic rings. The molecule has 0 aliphatic carbocycles. The van der Waals surface area contributed by atoms with Gasteiger partial charge in [-0.2, -0.15) is 0 Å². The number of carbonyl (C=O) groups excluding carboxylic acids is 2. The Hall–Kier alpha value is -4.00. The van der Waals surface area contributed by atoms with Crippen molar-refractivity contribution >= 4 is 24.1 Å². The Labute approximate surface area is 229 Å². The molecule has 0 saturated carbocycles. The van der Waals surface area contributed by atoms with E-state index in [1.54, 1.807) is 14.2 Å². The van der Waals surface area contributed by atoms with Crippen LogP contribution in [0.3, 0.4) is 0 Å². The lowest BCUT2D eigenvalue weighted by Gasteiger charge is -2.23. The second-order valence-electron chi connectivity index (χ2n) is 7.88. The van der Waals surface area contributed by atoms with E-state index in [2.05, 4.69) is 15.5 Å². The molecule has 13 heteroatoms. The maximum atomic E-state index is 11.7. The zero-order chi connectivity index (χ0) is 29.5. The van der Waals surface area contributed by atoms with Gasteiger partial charge in [-0.05, 0) is 30.9 Å². The first-order valence-electron chi connectivity index (χ1n) is 12.6. The summed E-state index contributed by atoms with van der Waals surface area (Å²) in [6, 6.07) is 5.76. The van der Waals surface area contributed by atoms with Gasteiger partial charge in [0.05, 0.1) is 14.2 Å². The summed E-state index contributed by atoms with van der Waals surface area (Å²) in [5, 5.41) is 21.0. The van der Waals surface area contributed by atoms with Crippen LogP contribution in [0.1, 0.15) is 32.3 Å². The van der Waals surface area contributed by atoms with Gasteiger partial charge >= 0.3 is 24.1 Å². The molecule has 0 heterocycles. The molecule has 220 valence electrons. The molecule has 0 fully saturated rings. The lowest BCUT2D eigenvalue weighted by Crippen LogP contribution is -2.36. The fourth-order valence-corrected chi connectivity index (χ4v) is 3.00. The summed E-state index contributed by atoms with van der Waals surface area (Å²) < 4.78 is 21.3. The van der Waals surface area contributed by atoms with E-state index in [4.69, 9.17) is 29.2 Å². The third-order valence-corrected chi connectivity index (χ3v) is 4.87. The molecule has 1 aromatic carbocycles. The van der Waals surface area contributed by atoms with Gasteiger partial charge in [-0.3, -0.25) is 4.90 Å². The van der Waals surface area contributed by atoms with Gasteiger partial charge < -0.3 is 39.8 Å². The maximum absolute atomic E-state index is 11.7. The largest absolute Gasteiger partial charge is 0.493 e. The van der Waals surface area contributed by atoms with Gasteiger partial charge in [0, 0.05) is 44.9 Å². The van der Waals surface area contributed by atoms with E-state index in [-0.39, 0.29) is 13.2 Å². The highest BCUT2D eigenvalue weighted by atomic mass is 16.6. The number of aliphatic carboxylic acids is 2. The number of rotatable bonds is 17. The predicted octanol–water partition coefficient (Wildman–Crippen LogP) is 2.53. The number of hydrogen-bond donors (Lipinski definition) is 4. The van der Waals surface area contributed by atoms with Gasteiger partial charge in [0.25, 0.3) is 0 Å². The van der Waals surface area contributed by atoms with Crippen LogP contribution in [0.5, 0.6) is 11.5 Å². The van der Waals surface area contributed by atoms with Gasteiger partial charge in [0.1, 0.15) is 13.2 Å². The molecule has 39 heavy (non-hydrogen) atoms. The molecule has 0 aliphatic heterocycles. The number of methoxy groups -OCH3 is 2. The smallest absolute Gasteiger partial charge is 0.407 e. The highest BCUT2D eigenvalue weighted by Gasteiger charge is 2.13. The SMILES string of the molecule is CCCNC(=O)OCCN(CCOC(=O)NCCC)CCc1cccc(OC)c1OC.O=C(O)C=CC(=O)O. The van der Waals surface area contributed by atoms with Crippen molar-refractivity contribution in [1.29, 1.82) is 0 Å². The van der Waals surface area contributed by atoms with Crippen molar-refractivity contribution in [3.8, 4) is 11.5 Å². The first-order chi connectivity index (χ1) is 18.7. The van der Waals surface area contributed by atoms with E-state index < -0.39 is 24.1 Å². The molecule has 0 bridgehead atoms. The van der Waals surface area contributed by atoms with Gasteiger partial charge in [0.2, 0.25) is 0 Å². The summed E-state index contributed by atoms with van der Waals surface area (Å²) in [7, 11) is 3.22. The Bertz CT molecular complexity index is 866. The van der Waals surface area contributed by atoms with E-state index in [1.807, 2.05) is 32.0 Å². The van der Waals surface area contributed by atoms with Crippen molar-refractivity contribution < 1.29 is 48.3 Å². The minimum absolute atomic E-state index is 0.243. The second kappa shape index (κ2) is 22.0. The number of carboxylic acid groups (broad SMARTS) is 2. The summed E-state index contributed by atoms with van der Waals surface area (Å²) >= 11 is 0. The number of nitrogens with one attached hydrogen (secondary N) is 2. The van der Waals surface area contributed by atoms with E-state index in [1.165, 1.54) is 0 Å². The third kappa shape index (κ3) is 18.0. The number of para-hydroxylation sites is 1. The Morgan fingerprint density at radius 1 is 0.821 bits per heavy atom. The molecule has 1 rings (SSSR count). The van der Waals surface area contributed by atoms with Crippen LogP contribution in [0, 0.1) is 0 Å². The number of carboxylic acids is 2. The Kier molecular flexibility index (Phi) is 19.8. The molecule has 0 saturated heterocycles. The molecule has 13 nitrogen and oxygen atoms in total. The minimum Gasteiger partial charge on any atom is -0.493 e. The fourth-order valence-electron chi connectivity index (χ4n) is 3.00. The fraction of sp³-hybridized carbons (Fsp3) is 0.538. The van der Waals surface area contributed by atoms with Gasteiger partial charge in [-0.25, -0.2) is 19.2 Å². The number of amides is 2. The summed E-state index contributed by atoms with van der Waals surface area (Å²) in [6.07, 6.45) is 2.66. The standard InChI is InChI=1S/C22H37N3O6.C4H4O4/c1-5-11-23-21(26)30-16-14-25(15-17-31-22(27)24-12-6-2)13-10-18-8-7-9-19(28-3)20(18)29-4;5-3(6)1-2-4(7)8/h7-9H,5-6,10-17H2,1-4H3,(H,23,26)(H,24,27);1-2H,(H,5,6)(H,7,8). The number of ether oxygens (including phenoxy) is 4. The second-order valence-corrected chi connectivity index (χ2v) is 7.88. The summed E-state index contributed by atoms with van der Waals surface area (Å²) in [6.45, 7) is 7.31. The number of alkyl carbamates (subject to hydrolysis) is 2. The zero-order valence-corrected chi connectivity index (χ0v) is 23.1. The Morgan fingerprint density at radius 3 is 1.74 bits per heavy atom.